The minimum absolute atomic E-state index is 0.122. The summed E-state index contributed by atoms with van der Waals surface area (Å²) < 4.78 is 89.9. The molecule has 2 atom stereocenters. The Labute approximate surface area is 146 Å². The van der Waals surface area contributed by atoms with Crippen LogP contribution in [0.1, 0.15) is 36.0 Å². The Bertz CT molecular complexity index is 781. The van der Waals surface area contributed by atoms with Crippen LogP contribution >= 0.6 is 0 Å². The van der Waals surface area contributed by atoms with Gasteiger partial charge < -0.3 is 4.74 Å². The summed E-state index contributed by atoms with van der Waals surface area (Å²) >= 11 is 0. The number of carbonyl (C=O) groups excluding carboxylic acids is 1. The van der Waals surface area contributed by atoms with Gasteiger partial charge in [0.2, 0.25) is 0 Å². The summed E-state index contributed by atoms with van der Waals surface area (Å²) in [5.41, 5.74) is 0.122. The summed E-state index contributed by atoms with van der Waals surface area (Å²) in [6.07, 6.45) is -9.72. The van der Waals surface area contributed by atoms with Crippen molar-refractivity contribution in [2.24, 2.45) is 5.92 Å². The lowest BCUT2D eigenvalue weighted by Gasteiger charge is -2.27. The van der Waals surface area contributed by atoms with Crippen LogP contribution in [0.2, 0.25) is 0 Å². The molecule has 1 aromatic rings. The molecule has 144 valence electrons. The van der Waals surface area contributed by atoms with Gasteiger partial charge in [-0.25, -0.2) is 8.42 Å². The van der Waals surface area contributed by atoms with Crippen molar-refractivity contribution in [1.82, 2.24) is 0 Å². The van der Waals surface area contributed by atoms with E-state index in [9.17, 15) is 35.2 Å². The van der Waals surface area contributed by atoms with E-state index in [0.717, 1.165) is 24.3 Å². The van der Waals surface area contributed by atoms with Gasteiger partial charge in [-0.1, -0.05) is 0 Å². The lowest BCUT2D eigenvalue weighted by Crippen LogP contribution is -2.41. The molecule has 3 rings (SSSR count). The molecule has 0 spiro atoms. The SMILES string of the molecule is O=C(c1ccc(OC(F)(F)C(F)(F)F)cc1)C1CC2CCC(C1)S2(=O)=O. The molecule has 0 saturated carbocycles. The van der Waals surface area contributed by atoms with Gasteiger partial charge >= 0.3 is 12.3 Å². The number of hydrogen-bond acceptors (Lipinski definition) is 4. The smallest absolute Gasteiger partial charge is 0.426 e. The number of rotatable bonds is 4. The van der Waals surface area contributed by atoms with E-state index in [4.69, 9.17) is 0 Å². The fraction of sp³-hybridized carbons (Fsp3) is 0.562. The predicted octanol–water partition coefficient (Wildman–Crippen LogP) is 3.76. The molecule has 2 fully saturated rings. The van der Waals surface area contributed by atoms with Crippen LogP contribution in [0.5, 0.6) is 5.75 Å². The van der Waals surface area contributed by atoms with E-state index in [2.05, 4.69) is 4.74 Å². The van der Waals surface area contributed by atoms with Crippen molar-refractivity contribution in [2.45, 2.75) is 48.5 Å². The van der Waals surface area contributed by atoms with E-state index >= 15 is 0 Å². The highest BCUT2D eigenvalue weighted by Gasteiger charge is 2.61. The predicted molar refractivity (Wildman–Crippen MR) is 80.9 cm³/mol. The quantitative estimate of drug-likeness (QED) is 0.573. The van der Waals surface area contributed by atoms with Gasteiger partial charge in [0, 0.05) is 11.5 Å². The standard InChI is InChI=1S/C16H15F5O4S/c17-15(18,19)16(20,21)25-11-3-1-9(2-4-11)14(22)10-7-12-5-6-13(8-10)26(12,23)24/h1-4,10,12-13H,5-8H2. The maximum atomic E-state index is 12.9. The first kappa shape index (κ1) is 19.1. The van der Waals surface area contributed by atoms with E-state index in [1.54, 1.807) is 0 Å². The molecule has 1 aromatic carbocycles. The van der Waals surface area contributed by atoms with Gasteiger partial charge in [0.25, 0.3) is 0 Å². The highest BCUT2D eigenvalue weighted by Crippen LogP contribution is 2.42. The molecule has 4 nitrogen and oxygen atoms in total. The minimum atomic E-state index is -5.85. The van der Waals surface area contributed by atoms with Crippen molar-refractivity contribution in [3.63, 3.8) is 0 Å². The van der Waals surface area contributed by atoms with Gasteiger partial charge in [-0.2, -0.15) is 22.0 Å². The highest BCUT2D eigenvalue weighted by molar-refractivity contribution is 7.93. The van der Waals surface area contributed by atoms with Crippen molar-refractivity contribution in [2.75, 3.05) is 0 Å². The number of hydrogen-bond donors (Lipinski definition) is 0. The highest BCUT2D eigenvalue weighted by atomic mass is 32.2. The fourth-order valence-corrected chi connectivity index (χ4v) is 6.02. The van der Waals surface area contributed by atoms with Crippen molar-refractivity contribution in [1.29, 1.82) is 0 Å². The van der Waals surface area contributed by atoms with Crippen molar-refractivity contribution in [3.05, 3.63) is 29.8 Å². The molecular weight excluding hydrogens is 383 g/mol. The summed E-state index contributed by atoms with van der Waals surface area (Å²) in [6.45, 7) is 0. The molecule has 0 aliphatic carbocycles. The number of sulfone groups is 1. The van der Waals surface area contributed by atoms with Crippen molar-refractivity contribution < 1.29 is 39.9 Å². The number of ketones is 1. The third-order valence-corrected chi connectivity index (χ3v) is 7.64. The van der Waals surface area contributed by atoms with E-state index in [0.29, 0.717) is 12.8 Å². The van der Waals surface area contributed by atoms with Crippen LogP contribution in [0.15, 0.2) is 24.3 Å². The van der Waals surface area contributed by atoms with Crippen molar-refractivity contribution >= 4 is 15.6 Å². The number of benzene rings is 1. The van der Waals surface area contributed by atoms with Crippen LogP contribution in [0, 0.1) is 5.92 Å². The summed E-state index contributed by atoms with van der Waals surface area (Å²) in [5.74, 6) is -1.57. The van der Waals surface area contributed by atoms with Crippen LogP contribution in [0.25, 0.3) is 0 Å². The molecule has 2 aliphatic heterocycles. The average Bonchev–Trinajstić information content (AvgIpc) is 2.72. The molecule has 10 heteroatoms. The first-order valence-electron chi connectivity index (χ1n) is 7.92. The number of ether oxygens (including phenoxy) is 1. The molecular formula is C16H15F5O4S. The van der Waals surface area contributed by atoms with Crippen LogP contribution in [-0.4, -0.2) is 37.0 Å². The van der Waals surface area contributed by atoms with Crippen molar-refractivity contribution in [3.8, 4) is 5.75 Å². The molecule has 2 aliphatic rings. The number of Topliss-reactive ketones (excluding diaryl/α,β-unsaturated/α-hetero) is 1. The van der Waals surface area contributed by atoms with Gasteiger partial charge in [0.1, 0.15) is 5.75 Å². The second-order valence-electron chi connectivity index (χ2n) is 6.58. The first-order valence-corrected chi connectivity index (χ1v) is 9.53. The second-order valence-corrected chi connectivity index (χ2v) is 9.10. The summed E-state index contributed by atoms with van der Waals surface area (Å²) in [5, 5.41) is -1.08. The summed E-state index contributed by atoms with van der Waals surface area (Å²) in [6, 6.07) is 3.94. The lowest BCUT2D eigenvalue weighted by atomic mass is 9.90. The Kier molecular flexibility index (Phi) is 4.53. The van der Waals surface area contributed by atoms with Gasteiger partial charge in [0.15, 0.2) is 15.6 Å². The largest absolute Gasteiger partial charge is 0.499 e. The van der Waals surface area contributed by atoms with Crippen LogP contribution in [0.4, 0.5) is 22.0 Å². The normalized spacial score (nSPS) is 28.0. The maximum absolute atomic E-state index is 12.9. The first-order chi connectivity index (χ1) is 11.9. The molecule has 2 heterocycles. The molecule has 0 radical (unpaired) electrons. The minimum Gasteiger partial charge on any atom is -0.426 e. The third-order valence-electron chi connectivity index (χ3n) is 4.92. The van der Waals surface area contributed by atoms with Gasteiger partial charge in [-0.05, 0) is 49.9 Å². The molecule has 0 amide bonds. The molecule has 2 bridgehead atoms. The Morgan fingerprint density at radius 3 is 1.92 bits per heavy atom. The molecule has 0 N–H and O–H groups in total. The fourth-order valence-electron chi connectivity index (χ4n) is 3.55. The zero-order chi connectivity index (χ0) is 19.3. The lowest BCUT2D eigenvalue weighted by molar-refractivity contribution is -0.360. The third kappa shape index (κ3) is 3.30. The monoisotopic (exact) mass is 398 g/mol. The average molecular weight is 398 g/mol. The molecule has 26 heavy (non-hydrogen) atoms. The molecule has 2 unspecified atom stereocenters. The Morgan fingerprint density at radius 1 is 0.962 bits per heavy atom. The number of alkyl halides is 5. The van der Waals surface area contributed by atoms with E-state index in [1.165, 1.54) is 0 Å². The molecule has 0 aromatic heterocycles. The summed E-state index contributed by atoms with van der Waals surface area (Å²) in [4.78, 5) is 12.5. The zero-order valence-electron chi connectivity index (χ0n) is 13.3. The Balaban J connectivity index is 1.71. The zero-order valence-corrected chi connectivity index (χ0v) is 14.1. The van der Waals surface area contributed by atoms with E-state index < -0.39 is 44.3 Å². The van der Waals surface area contributed by atoms with E-state index in [1.807, 2.05) is 0 Å². The number of fused-ring (bicyclic) bond motifs is 2. The van der Waals surface area contributed by atoms with Gasteiger partial charge in [-0.15, -0.1) is 0 Å². The van der Waals surface area contributed by atoms with Crippen LogP contribution < -0.4 is 4.74 Å². The second kappa shape index (κ2) is 6.17. The van der Waals surface area contributed by atoms with E-state index in [-0.39, 0.29) is 24.2 Å². The van der Waals surface area contributed by atoms with Gasteiger partial charge in [-0.3, -0.25) is 4.79 Å². The molecule has 2 saturated heterocycles. The van der Waals surface area contributed by atoms with Crippen LogP contribution in [0.3, 0.4) is 0 Å². The van der Waals surface area contributed by atoms with Gasteiger partial charge in [0.05, 0.1) is 10.5 Å². The Morgan fingerprint density at radius 2 is 1.46 bits per heavy atom. The maximum Gasteiger partial charge on any atom is 0.499 e. The van der Waals surface area contributed by atoms with Crippen LogP contribution in [-0.2, 0) is 9.84 Å². The Hall–Kier alpha value is -1.71. The number of halogens is 5. The topological polar surface area (TPSA) is 60.4 Å². The summed E-state index contributed by atoms with van der Waals surface area (Å²) in [7, 11) is -3.18. The number of carbonyl (C=O) groups is 1.